The average Bonchev–Trinajstić information content (AvgIpc) is 2.99. The first kappa shape index (κ1) is 34.4. The number of hydrogen-bond acceptors (Lipinski definition) is 4. The zero-order valence-corrected chi connectivity index (χ0v) is 28.4. The van der Waals surface area contributed by atoms with E-state index in [2.05, 4.69) is 5.32 Å². The number of carbonyl (C=O) groups is 2. The molecule has 3 aromatic carbocycles. The van der Waals surface area contributed by atoms with E-state index in [0.29, 0.717) is 22.0 Å². The zero-order valence-electron chi connectivity index (χ0n) is 24.5. The second kappa shape index (κ2) is 15.2. The summed E-state index contributed by atoms with van der Waals surface area (Å²) in [6.07, 6.45) is 5.26. The number of benzene rings is 3. The van der Waals surface area contributed by atoms with Crippen molar-refractivity contribution in [2.45, 2.75) is 75.9 Å². The number of aryl methyl sites for hydroxylation is 1. The first-order valence-corrected chi connectivity index (χ1v) is 17.4. The summed E-state index contributed by atoms with van der Waals surface area (Å²) in [7, 11) is -4.24. The molecule has 7 nitrogen and oxygen atoms in total. The number of amides is 2. The summed E-state index contributed by atoms with van der Waals surface area (Å²) in [6.45, 7) is 3.08. The van der Waals surface area contributed by atoms with E-state index in [1.165, 1.54) is 35.2 Å². The molecule has 4 rings (SSSR count). The Labute approximate surface area is 279 Å². The van der Waals surface area contributed by atoms with Gasteiger partial charge in [0.15, 0.2) is 0 Å². The van der Waals surface area contributed by atoms with Gasteiger partial charge in [0, 0.05) is 12.6 Å². The van der Waals surface area contributed by atoms with Crippen molar-refractivity contribution in [2.24, 2.45) is 0 Å². The predicted octanol–water partition coefficient (Wildman–Crippen LogP) is 8.06. The van der Waals surface area contributed by atoms with Crippen LogP contribution in [-0.2, 0) is 26.2 Å². The summed E-state index contributed by atoms with van der Waals surface area (Å²) in [4.78, 5) is 29.4. The lowest BCUT2D eigenvalue weighted by atomic mass is 9.95. The normalized spacial score (nSPS) is 14.6. The van der Waals surface area contributed by atoms with Gasteiger partial charge >= 0.3 is 0 Å². The van der Waals surface area contributed by atoms with E-state index in [9.17, 15) is 18.0 Å². The van der Waals surface area contributed by atoms with Gasteiger partial charge in [0.1, 0.15) is 12.6 Å². The standard InChI is InChI=1S/C32H35Cl4N3O4S/c1-3-30(32(41)37-23-7-5-4-6-8-23)38(19-22-11-15-26(33)28(35)17-22)31(40)20-39(24-12-16-27(34)29(36)18-24)44(42,43)25-13-9-21(2)10-14-25/h9-18,23,30H,3-8,19-20H2,1-2H3,(H,37,41)/t30-/m1/s1. The van der Waals surface area contributed by atoms with Crippen molar-refractivity contribution < 1.29 is 18.0 Å². The van der Waals surface area contributed by atoms with Crippen LogP contribution in [0.25, 0.3) is 0 Å². The third kappa shape index (κ3) is 8.40. The van der Waals surface area contributed by atoms with Gasteiger partial charge in [0.05, 0.1) is 30.7 Å². The molecule has 44 heavy (non-hydrogen) atoms. The highest BCUT2D eigenvalue weighted by Gasteiger charge is 2.34. The lowest BCUT2D eigenvalue weighted by molar-refractivity contribution is -0.140. The third-order valence-electron chi connectivity index (χ3n) is 7.75. The summed E-state index contributed by atoms with van der Waals surface area (Å²) in [6, 6.07) is 14.8. The van der Waals surface area contributed by atoms with Gasteiger partial charge in [-0.25, -0.2) is 8.42 Å². The van der Waals surface area contributed by atoms with Crippen LogP contribution in [-0.4, -0.2) is 43.8 Å². The molecule has 1 atom stereocenters. The fraction of sp³-hybridized carbons (Fsp3) is 0.375. The molecule has 0 unspecified atom stereocenters. The molecule has 1 aliphatic carbocycles. The van der Waals surface area contributed by atoms with Crippen LogP contribution < -0.4 is 9.62 Å². The number of sulfonamides is 1. The minimum atomic E-state index is -4.24. The highest BCUT2D eigenvalue weighted by atomic mass is 35.5. The number of nitrogens with one attached hydrogen (secondary N) is 1. The van der Waals surface area contributed by atoms with E-state index in [0.717, 1.165) is 42.0 Å². The summed E-state index contributed by atoms with van der Waals surface area (Å²) < 4.78 is 29.1. The summed E-state index contributed by atoms with van der Waals surface area (Å²) in [5, 5.41) is 4.15. The molecule has 0 heterocycles. The van der Waals surface area contributed by atoms with Crippen molar-refractivity contribution in [1.82, 2.24) is 10.2 Å². The Hall–Kier alpha value is -2.49. The molecule has 1 saturated carbocycles. The second-order valence-corrected chi connectivity index (χ2v) is 14.5. The largest absolute Gasteiger partial charge is 0.352 e. The van der Waals surface area contributed by atoms with E-state index >= 15 is 0 Å². The van der Waals surface area contributed by atoms with E-state index in [1.54, 1.807) is 30.3 Å². The van der Waals surface area contributed by atoms with Crippen molar-refractivity contribution in [3.8, 4) is 0 Å². The molecule has 1 N–H and O–H groups in total. The van der Waals surface area contributed by atoms with Crippen molar-refractivity contribution in [3.63, 3.8) is 0 Å². The number of anilines is 1. The molecule has 0 spiro atoms. The Kier molecular flexibility index (Phi) is 11.9. The number of carbonyl (C=O) groups excluding carboxylic acids is 2. The molecular formula is C32H35Cl4N3O4S. The fourth-order valence-electron chi connectivity index (χ4n) is 5.30. The molecule has 12 heteroatoms. The van der Waals surface area contributed by atoms with Crippen LogP contribution in [0.1, 0.15) is 56.6 Å². The molecule has 0 saturated heterocycles. The van der Waals surface area contributed by atoms with E-state index in [-0.39, 0.29) is 39.1 Å². The lowest BCUT2D eigenvalue weighted by Gasteiger charge is -2.34. The van der Waals surface area contributed by atoms with Crippen molar-refractivity contribution in [1.29, 1.82) is 0 Å². The smallest absolute Gasteiger partial charge is 0.264 e. The molecule has 1 aliphatic rings. The van der Waals surface area contributed by atoms with Crippen LogP contribution in [0.3, 0.4) is 0 Å². The molecule has 0 aliphatic heterocycles. The van der Waals surface area contributed by atoms with Gasteiger partial charge in [-0.3, -0.25) is 13.9 Å². The molecule has 0 bridgehead atoms. The lowest BCUT2D eigenvalue weighted by Crippen LogP contribution is -2.54. The van der Waals surface area contributed by atoms with Crippen molar-refractivity contribution in [3.05, 3.63) is 91.9 Å². The summed E-state index contributed by atoms with van der Waals surface area (Å²) >= 11 is 24.9. The third-order valence-corrected chi connectivity index (χ3v) is 11.0. The molecular weight excluding hydrogens is 664 g/mol. The Morgan fingerprint density at radius 3 is 2.07 bits per heavy atom. The Balaban J connectivity index is 1.74. The van der Waals surface area contributed by atoms with Crippen LogP contribution in [0.4, 0.5) is 5.69 Å². The second-order valence-electron chi connectivity index (χ2n) is 11.0. The van der Waals surface area contributed by atoms with E-state index < -0.39 is 28.5 Å². The summed E-state index contributed by atoms with van der Waals surface area (Å²) in [5.74, 6) is -0.862. The van der Waals surface area contributed by atoms with Gasteiger partial charge in [-0.2, -0.15) is 0 Å². The average molecular weight is 700 g/mol. The maximum absolute atomic E-state index is 14.3. The minimum absolute atomic E-state index is 0.0000820. The molecule has 2 amide bonds. The molecule has 0 radical (unpaired) electrons. The van der Waals surface area contributed by atoms with Gasteiger partial charge in [-0.15, -0.1) is 0 Å². The molecule has 3 aromatic rings. The minimum Gasteiger partial charge on any atom is -0.352 e. The molecule has 1 fully saturated rings. The summed E-state index contributed by atoms with van der Waals surface area (Å²) in [5.41, 5.74) is 1.67. The van der Waals surface area contributed by atoms with Crippen molar-refractivity contribution >= 4 is 73.9 Å². The predicted molar refractivity (Wildman–Crippen MR) is 178 cm³/mol. The first-order valence-electron chi connectivity index (χ1n) is 14.5. The Bertz CT molecular complexity index is 1600. The number of halogens is 4. The SMILES string of the molecule is CC[C@H](C(=O)NC1CCCCC1)N(Cc1ccc(Cl)c(Cl)c1)C(=O)CN(c1ccc(Cl)c(Cl)c1)S(=O)(=O)c1ccc(C)cc1. The number of nitrogens with zero attached hydrogens (tertiary/aromatic N) is 2. The number of hydrogen-bond donors (Lipinski definition) is 1. The highest BCUT2D eigenvalue weighted by molar-refractivity contribution is 7.92. The van der Waals surface area contributed by atoms with Crippen molar-refractivity contribution in [2.75, 3.05) is 10.8 Å². The van der Waals surface area contributed by atoms with Gasteiger partial charge < -0.3 is 10.2 Å². The van der Waals surface area contributed by atoms with Crippen LogP contribution in [0.2, 0.25) is 20.1 Å². The maximum Gasteiger partial charge on any atom is 0.264 e. The Morgan fingerprint density at radius 1 is 0.864 bits per heavy atom. The van der Waals surface area contributed by atoms with Crippen LogP contribution in [0.15, 0.2) is 65.6 Å². The number of rotatable bonds is 11. The maximum atomic E-state index is 14.3. The monoisotopic (exact) mass is 697 g/mol. The Morgan fingerprint density at radius 2 is 1.48 bits per heavy atom. The molecule has 0 aromatic heterocycles. The highest BCUT2D eigenvalue weighted by Crippen LogP contribution is 2.31. The van der Waals surface area contributed by atoms with Crippen LogP contribution >= 0.6 is 46.4 Å². The zero-order chi connectivity index (χ0) is 32.0. The molecule has 236 valence electrons. The quantitative estimate of drug-likeness (QED) is 0.220. The van der Waals surface area contributed by atoms with Gasteiger partial charge in [-0.05, 0) is 74.2 Å². The topological polar surface area (TPSA) is 86.8 Å². The van der Waals surface area contributed by atoms with Gasteiger partial charge in [0.25, 0.3) is 10.0 Å². The van der Waals surface area contributed by atoms with E-state index in [4.69, 9.17) is 46.4 Å². The van der Waals surface area contributed by atoms with Crippen LogP contribution in [0.5, 0.6) is 0 Å². The van der Waals surface area contributed by atoms with Crippen LogP contribution in [0, 0.1) is 6.92 Å². The fourth-order valence-corrected chi connectivity index (χ4v) is 7.32. The van der Waals surface area contributed by atoms with Gasteiger partial charge in [-0.1, -0.05) is 96.4 Å². The van der Waals surface area contributed by atoms with Gasteiger partial charge in [0.2, 0.25) is 11.8 Å². The first-order chi connectivity index (χ1) is 20.9. The van der Waals surface area contributed by atoms with E-state index in [1.807, 2.05) is 13.8 Å².